The van der Waals surface area contributed by atoms with Gasteiger partial charge in [-0.05, 0) is 42.5 Å². The van der Waals surface area contributed by atoms with Crippen LogP contribution in [0, 0.1) is 5.92 Å². The second-order valence-corrected chi connectivity index (χ2v) is 8.81. The molecule has 0 aromatic heterocycles. The highest BCUT2D eigenvalue weighted by Gasteiger charge is 2.49. The summed E-state index contributed by atoms with van der Waals surface area (Å²) >= 11 is 0. The topological polar surface area (TPSA) is 82.0 Å². The largest absolute Gasteiger partial charge is 0.504 e. The summed E-state index contributed by atoms with van der Waals surface area (Å²) in [6.07, 6.45) is 4.52. The fourth-order valence-electron chi connectivity index (χ4n) is 5.28. The smallest absolute Gasteiger partial charge is 0.234 e. The van der Waals surface area contributed by atoms with E-state index in [4.69, 9.17) is 4.74 Å². The summed E-state index contributed by atoms with van der Waals surface area (Å²) in [5, 5.41) is 24.5. The highest BCUT2D eigenvalue weighted by atomic mass is 16.5. The molecule has 2 aliphatic rings. The van der Waals surface area contributed by atoms with E-state index < -0.39 is 5.60 Å². The van der Waals surface area contributed by atoms with Crippen molar-refractivity contribution in [3.8, 4) is 11.5 Å². The van der Waals surface area contributed by atoms with Gasteiger partial charge >= 0.3 is 0 Å². The van der Waals surface area contributed by atoms with Gasteiger partial charge in [-0.3, -0.25) is 9.69 Å². The molecule has 1 aliphatic heterocycles. The number of aliphatic hydroxyl groups is 1. The third-order valence-electron chi connectivity index (χ3n) is 6.90. The van der Waals surface area contributed by atoms with Gasteiger partial charge in [-0.25, -0.2) is 0 Å². The Hall–Kier alpha value is -2.57. The lowest BCUT2D eigenvalue weighted by atomic mass is 9.66. The maximum absolute atomic E-state index is 12.8. The van der Waals surface area contributed by atoms with Gasteiger partial charge in [0.15, 0.2) is 11.5 Å². The van der Waals surface area contributed by atoms with Gasteiger partial charge in [0.1, 0.15) is 0 Å². The number of nitrogens with zero attached hydrogens (tertiary/aromatic N) is 1. The lowest BCUT2D eigenvalue weighted by Crippen LogP contribution is -2.56. The van der Waals surface area contributed by atoms with E-state index >= 15 is 0 Å². The number of amides is 1. The number of nitrogens with one attached hydrogen (secondary N) is 1. The highest BCUT2D eigenvalue weighted by molar-refractivity contribution is 5.78. The molecule has 1 heterocycles. The predicted octanol–water partition coefficient (Wildman–Crippen LogP) is 3.39. The molecule has 1 aliphatic carbocycles. The van der Waals surface area contributed by atoms with Crippen molar-refractivity contribution < 1.29 is 19.7 Å². The molecule has 2 aromatic carbocycles. The van der Waals surface area contributed by atoms with Gasteiger partial charge in [0.05, 0.1) is 19.3 Å². The van der Waals surface area contributed by atoms with Gasteiger partial charge < -0.3 is 20.3 Å². The molecule has 0 unspecified atom stereocenters. The maximum atomic E-state index is 12.8. The van der Waals surface area contributed by atoms with Crippen LogP contribution >= 0.6 is 0 Å². The number of aromatic hydroxyl groups is 1. The van der Waals surface area contributed by atoms with Crippen molar-refractivity contribution in [3.63, 3.8) is 0 Å². The number of carbonyl (C=O) groups excluding carboxylic acids is 1. The Morgan fingerprint density at radius 1 is 1.19 bits per heavy atom. The van der Waals surface area contributed by atoms with Crippen LogP contribution in [0.15, 0.2) is 48.5 Å². The van der Waals surface area contributed by atoms with Crippen LogP contribution in [0.4, 0.5) is 0 Å². The molecule has 1 amide bonds. The van der Waals surface area contributed by atoms with E-state index in [0.29, 0.717) is 25.3 Å². The van der Waals surface area contributed by atoms with Gasteiger partial charge in [-0.15, -0.1) is 0 Å². The molecular weight excluding hydrogens is 392 g/mol. The van der Waals surface area contributed by atoms with Crippen LogP contribution in [0.5, 0.6) is 11.5 Å². The maximum Gasteiger partial charge on any atom is 0.234 e. The Labute approximate surface area is 183 Å². The van der Waals surface area contributed by atoms with E-state index in [2.05, 4.69) is 10.2 Å². The molecule has 0 radical (unpaired) electrons. The molecule has 6 nitrogen and oxygen atoms in total. The summed E-state index contributed by atoms with van der Waals surface area (Å²) in [5.74, 6) is 0.524. The zero-order chi connectivity index (χ0) is 21.8. The summed E-state index contributed by atoms with van der Waals surface area (Å²) in [6, 6.07) is 15.1. The van der Waals surface area contributed by atoms with Gasteiger partial charge in [0.2, 0.25) is 5.91 Å². The van der Waals surface area contributed by atoms with Crippen molar-refractivity contribution in [2.45, 2.75) is 50.3 Å². The molecule has 31 heavy (non-hydrogen) atoms. The number of fused-ring (bicyclic) bond motifs is 1. The van der Waals surface area contributed by atoms with Crippen LogP contribution in [0.25, 0.3) is 0 Å². The number of carbonyl (C=O) groups is 1. The minimum Gasteiger partial charge on any atom is -0.504 e. The van der Waals surface area contributed by atoms with Crippen molar-refractivity contribution in [2.24, 2.45) is 5.92 Å². The first-order chi connectivity index (χ1) is 15.0. The fourth-order valence-corrected chi connectivity index (χ4v) is 5.28. The Bertz CT molecular complexity index is 904. The first-order valence-electron chi connectivity index (χ1n) is 11.1. The summed E-state index contributed by atoms with van der Waals surface area (Å²) in [6.45, 7) is 1.42. The van der Waals surface area contributed by atoms with Crippen molar-refractivity contribution in [1.82, 2.24) is 10.2 Å². The zero-order valence-corrected chi connectivity index (χ0v) is 18.1. The molecule has 6 heteroatoms. The molecule has 2 fully saturated rings. The van der Waals surface area contributed by atoms with Crippen molar-refractivity contribution in [3.05, 3.63) is 59.7 Å². The zero-order valence-electron chi connectivity index (χ0n) is 18.1. The number of likely N-dealkylation sites (tertiary alicyclic amines) is 1. The number of methoxy groups -OCH3 is 1. The van der Waals surface area contributed by atoms with Gasteiger partial charge in [0.25, 0.3) is 0 Å². The van der Waals surface area contributed by atoms with E-state index in [1.807, 2.05) is 42.5 Å². The molecule has 0 spiro atoms. The van der Waals surface area contributed by atoms with Crippen molar-refractivity contribution in [1.29, 1.82) is 0 Å². The third kappa shape index (κ3) is 4.70. The quantitative estimate of drug-likeness (QED) is 0.662. The van der Waals surface area contributed by atoms with Gasteiger partial charge in [0, 0.05) is 25.0 Å². The number of phenols is 1. The Morgan fingerprint density at radius 3 is 2.77 bits per heavy atom. The summed E-state index contributed by atoms with van der Waals surface area (Å²) in [7, 11) is 1.53. The molecule has 166 valence electrons. The minimum atomic E-state index is -0.703. The van der Waals surface area contributed by atoms with Crippen LogP contribution in [0.2, 0.25) is 0 Å². The molecule has 1 saturated heterocycles. The molecule has 1 saturated carbocycles. The van der Waals surface area contributed by atoms with Crippen LogP contribution < -0.4 is 10.1 Å². The Balaban J connectivity index is 1.55. The number of piperidine rings is 1. The lowest BCUT2D eigenvalue weighted by molar-refractivity contribution is -0.138. The molecule has 0 bridgehead atoms. The fraction of sp³-hybridized carbons (Fsp3) is 0.480. The van der Waals surface area contributed by atoms with E-state index in [-0.39, 0.29) is 30.2 Å². The average molecular weight is 425 g/mol. The molecule has 3 N–H and O–H groups in total. The van der Waals surface area contributed by atoms with Crippen LogP contribution in [0.1, 0.15) is 49.3 Å². The number of ether oxygens (including phenoxy) is 1. The average Bonchev–Trinajstić information content (AvgIpc) is 2.79. The summed E-state index contributed by atoms with van der Waals surface area (Å²) in [4.78, 5) is 15.0. The third-order valence-corrected chi connectivity index (χ3v) is 6.90. The van der Waals surface area contributed by atoms with E-state index in [1.165, 1.54) is 7.11 Å². The number of hydrogen-bond acceptors (Lipinski definition) is 5. The van der Waals surface area contributed by atoms with E-state index in [1.54, 1.807) is 6.07 Å². The summed E-state index contributed by atoms with van der Waals surface area (Å²) in [5.41, 5.74) is 1.33. The number of hydrogen-bond donors (Lipinski definition) is 3. The van der Waals surface area contributed by atoms with Crippen LogP contribution in [-0.4, -0.2) is 46.8 Å². The number of benzene rings is 2. The summed E-state index contributed by atoms with van der Waals surface area (Å²) < 4.78 is 5.33. The second-order valence-electron chi connectivity index (χ2n) is 8.81. The number of phenolic OH excluding ortho intramolecular Hbond substituents is 1. The lowest BCUT2D eigenvalue weighted by Gasteiger charge is -2.52. The normalized spacial score (nSPS) is 26.1. The molecular formula is C25H32N2O4. The molecule has 2 aromatic rings. The van der Waals surface area contributed by atoms with Crippen LogP contribution in [-0.2, 0) is 11.3 Å². The van der Waals surface area contributed by atoms with Crippen molar-refractivity contribution >= 4 is 5.91 Å². The number of rotatable bonds is 6. The van der Waals surface area contributed by atoms with Gasteiger partial charge in [-0.1, -0.05) is 49.2 Å². The first kappa shape index (κ1) is 21.7. The minimum absolute atomic E-state index is 0.0270. The molecule has 4 rings (SSSR count). The monoisotopic (exact) mass is 424 g/mol. The van der Waals surface area contributed by atoms with E-state index in [9.17, 15) is 15.0 Å². The predicted molar refractivity (Wildman–Crippen MR) is 119 cm³/mol. The Kier molecular flexibility index (Phi) is 6.49. The van der Waals surface area contributed by atoms with E-state index in [0.717, 1.165) is 36.8 Å². The first-order valence-corrected chi connectivity index (χ1v) is 11.1. The van der Waals surface area contributed by atoms with Gasteiger partial charge in [-0.2, -0.15) is 0 Å². The standard InChI is InChI=1S/C25H32N2O4/c1-31-22-15-19(10-11-21(22)28)24-20-9-5-6-12-25(20,30)13-14-27(24)17-23(29)26-16-18-7-3-2-4-8-18/h2-4,7-8,10-11,15,20,24,28,30H,5-6,9,12-14,16-17H2,1H3,(H,26,29)/t20-,24-,25-/m0/s1. The highest BCUT2D eigenvalue weighted by Crippen LogP contribution is 2.49. The SMILES string of the molecule is COc1cc([C@H]2[C@@H]3CCCC[C@]3(O)CCN2CC(=O)NCc2ccccc2)ccc1O. The Morgan fingerprint density at radius 2 is 2.00 bits per heavy atom. The van der Waals surface area contributed by atoms with Crippen LogP contribution in [0.3, 0.4) is 0 Å². The van der Waals surface area contributed by atoms with Crippen molar-refractivity contribution in [2.75, 3.05) is 20.2 Å². The molecule has 3 atom stereocenters. The second kappa shape index (κ2) is 9.28.